The minimum Gasteiger partial charge on any atom is -0.468 e. The number of likely N-dealkylation sites (N-methyl/N-ethyl adjacent to an activating group) is 1. The van der Waals surface area contributed by atoms with Crippen LogP contribution >= 0.6 is 15.9 Å². The van der Waals surface area contributed by atoms with Gasteiger partial charge in [-0.25, -0.2) is 0 Å². The van der Waals surface area contributed by atoms with Gasteiger partial charge >= 0.3 is 5.97 Å². The summed E-state index contributed by atoms with van der Waals surface area (Å²) in [5, 5.41) is 0. The third kappa shape index (κ3) is 9.16. The van der Waals surface area contributed by atoms with Gasteiger partial charge in [-0.2, -0.15) is 0 Å². The first-order chi connectivity index (χ1) is 15.6. The van der Waals surface area contributed by atoms with Gasteiger partial charge in [0.25, 0.3) is 0 Å². The van der Waals surface area contributed by atoms with E-state index in [0.717, 1.165) is 15.6 Å². The zero-order valence-electron chi connectivity index (χ0n) is 20.1. The van der Waals surface area contributed by atoms with Crippen molar-refractivity contribution in [3.05, 3.63) is 70.2 Å². The minimum atomic E-state index is -1.61. The van der Waals surface area contributed by atoms with Crippen LogP contribution in [-0.4, -0.2) is 63.0 Å². The summed E-state index contributed by atoms with van der Waals surface area (Å²) in [6.45, 7) is 7.11. The number of benzene rings is 2. The van der Waals surface area contributed by atoms with Gasteiger partial charge in [0.05, 0.1) is 19.7 Å². The molecule has 0 saturated heterocycles. The number of ether oxygens (including phenoxy) is 1. The average Bonchev–Trinajstić information content (AvgIpc) is 2.77. The Balaban J connectivity index is 2.35. The predicted octanol–water partition coefficient (Wildman–Crippen LogP) is 4.37. The van der Waals surface area contributed by atoms with Gasteiger partial charge in [-0.3, -0.25) is 14.5 Å². The molecule has 0 bridgehead atoms. The number of rotatable bonds is 9. The lowest BCUT2D eigenvalue weighted by atomic mass is 10.0. The molecule has 176 valence electrons. The lowest BCUT2D eigenvalue weighted by molar-refractivity contribution is -0.148. The normalized spacial score (nSPS) is 12.0. The number of nitrogens with zero attached hydrogens (tertiary/aromatic N) is 2. The zero-order chi connectivity index (χ0) is 24.4. The van der Waals surface area contributed by atoms with E-state index in [9.17, 15) is 9.59 Å². The molecule has 2 rings (SSSR count). The fraction of sp³-hybridized carbons (Fsp3) is 0.385. The monoisotopic (exact) mass is 528 g/mol. The molecule has 0 N–H and O–H groups in total. The first-order valence-corrected chi connectivity index (χ1v) is 15.2. The summed E-state index contributed by atoms with van der Waals surface area (Å²) in [4.78, 5) is 29.4. The maximum absolute atomic E-state index is 13.8. The lowest BCUT2D eigenvalue weighted by Gasteiger charge is -2.32. The van der Waals surface area contributed by atoms with E-state index in [1.807, 2.05) is 66.5 Å². The van der Waals surface area contributed by atoms with E-state index in [0.29, 0.717) is 13.0 Å². The van der Waals surface area contributed by atoms with E-state index in [1.54, 1.807) is 0 Å². The van der Waals surface area contributed by atoms with Gasteiger partial charge in [0.1, 0.15) is 14.6 Å². The molecule has 1 amide bonds. The number of hydrogen-bond acceptors (Lipinski definition) is 4. The minimum absolute atomic E-state index is 0.121. The van der Waals surface area contributed by atoms with Gasteiger partial charge in [-0.05, 0) is 30.7 Å². The van der Waals surface area contributed by atoms with Crippen LogP contribution in [-0.2, 0) is 27.3 Å². The van der Waals surface area contributed by atoms with E-state index in [1.165, 1.54) is 12.0 Å². The van der Waals surface area contributed by atoms with Crippen molar-refractivity contribution in [1.29, 1.82) is 0 Å². The summed E-state index contributed by atoms with van der Waals surface area (Å²) < 4.78 is 5.85. The van der Waals surface area contributed by atoms with Crippen molar-refractivity contribution in [3.8, 4) is 11.5 Å². The van der Waals surface area contributed by atoms with Gasteiger partial charge in [-0.1, -0.05) is 90.0 Å². The fourth-order valence-electron chi connectivity index (χ4n) is 3.32. The molecule has 0 fully saturated rings. The highest BCUT2D eigenvalue weighted by Crippen LogP contribution is 2.20. The van der Waals surface area contributed by atoms with Crippen molar-refractivity contribution < 1.29 is 14.3 Å². The third-order valence-electron chi connectivity index (χ3n) is 5.06. The SMILES string of the molecule is COC(=O)CN(CC#C[Si](C)(C)C)C(=O)[C@H](Cc1ccccc1)N(C)Cc1ccccc1Br. The Morgan fingerprint density at radius 1 is 1.06 bits per heavy atom. The largest absolute Gasteiger partial charge is 0.468 e. The van der Waals surface area contributed by atoms with Crippen LogP contribution in [0.3, 0.4) is 0 Å². The number of hydrogen-bond donors (Lipinski definition) is 0. The van der Waals surface area contributed by atoms with Crippen LogP contribution in [0.5, 0.6) is 0 Å². The van der Waals surface area contributed by atoms with E-state index in [2.05, 4.69) is 47.0 Å². The van der Waals surface area contributed by atoms with Gasteiger partial charge < -0.3 is 9.64 Å². The predicted molar refractivity (Wildman–Crippen MR) is 139 cm³/mol. The molecule has 0 unspecified atom stereocenters. The maximum atomic E-state index is 13.8. The first kappa shape index (κ1) is 26.8. The fourth-order valence-corrected chi connectivity index (χ4v) is 4.34. The van der Waals surface area contributed by atoms with Crippen molar-refractivity contribution >= 4 is 35.9 Å². The Morgan fingerprint density at radius 3 is 2.30 bits per heavy atom. The summed E-state index contributed by atoms with van der Waals surface area (Å²) in [5.74, 6) is 2.55. The molecular weight excluding hydrogens is 496 g/mol. The molecule has 33 heavy (non-hydrogen) atoms. The van der Waals surface area contributed by atoms with Crippen LogP contribution < -0.4 is 0 Å². The second kappa shape index (κ2) is 12.7. The molecule has 0 heterocycles. The summed E-state index contributed by atoms with van der Waals surface area (Å²) in [6, 6.07) is 17.5. The van der Waals surface area contributed by atoms with Crippen LogP contribution in [0.1, 0.15) is 11.1 Å². The van der Waals surface area contributed by atoms with Crippen molar-refractivity contribution in [1.82, 2.24) is 9.80 Å². The molecule has 0 spiro atoms. The third-order valence-corrected chi connectivity index (χ3v) is 6.76. The number of amides is 1. The van der Waals surface area contributed by atoms with Crippen molar-refractivity contribution in [2.75, 3.05) is 27.2 Å². The molecular formula is C26H33BrN2O3Si. The van der Waals surface area contributed by atoms with E-state index in [4.69, 9.17) is 4.74 Å². The van der Waals surface area contributed by atoms with Gasteiger partial charge in [0.2, 0.25) is 5.91 Å². The van der Waals surface area contributed by atoms with Crippen LogP contribution in [0.4, 0.5) is 0 Å². The topological polar surface area (TPSA) is 49.9 Å². The Kier molecular flexibility index (Phi) is 10.4. The summed E-state index contributed by atoms with van der Waals surface area (Å²) >= 11 is 3.60. The zero-order valence-corrected chi connectivity index (χ0v) is 22.7. The number of methoxy groups -OCH3 is 1. The second-order valence-electron chi connectivity index (χ2n) is 9.03. The molecule has 0 radical (unpaired) electrons. The van der Waals surface area contributed by atoms with Crippen molar-refractivity contribution in [3.63, 3.8) is 0 Å². The molecule has 7 heteroatoms. The van der Waals surface area contributed by atoms with Gasteiger partial charge in [0.15, 0.2) is 0 Å². The molecule has 2 aromatic carbocycles. The molecule has 5 nitrogen and oxygen atoms in total. The van der Waals surface area contributed by atoms with E-state index in [-0.39, 0.29) is 19.0 Å². The lowest BCUT2D eigenvalue weighted by Crippen LogP contribution is -2.50. The summed E-state index contributed by atoms with van der Waals surface area (Å²) in [5.41, 5.74) is 5.43. The molecule has 1 atom stereocenters. The molecule has 0 saturated carbocycles. The highest BCUT2D eigenvalue weighted by atomic mass is 79.9. The standard InChI is InChI=1S/C26H33BrN2O3Si/c1-28(19-22-14-9-10-15-23(22)27)24(18-21-12-7-6-8-13-21)26(31)29(20-25(30)32-2)16-11-17-33(3,4)5/h6-10,12-15,24H,16,18-20H2,1-5H3/t24-/m0/s1. The molecule has 2 aromatic rings. The number of carbonyl (C=O) groups is 2. The highest BCUT2D eigenvalue weighted by molar-refractivity contribution is 9.10. The average molecular weight is 530 g/mol. The number of halogens is 1. The van der Waals surface area contributed by atoms with Crippen molar-refractivity contribution in [2.24, 2.45) is 0 Å². The molecule has 0 aromatic heterocycles. The smallest absolute Gasteiger partial charge is 0.325 e. The van der Waals surface area contributed by atoms with E-state index >= 15 is 0 Å². The Hall–Kier alpha value is -2.40. The Bertz CT molecular complexity index is 996. The first-order valence-electron chi connectivity index (χ1n) is 10.9. The Morgan fingerprint density at radius 2 is 1.70 bits per heavy atom. The Labute approximate surface area is 207 Å². The quantitative estimate of drug-likeness (QED) is 0.275. The second-order valence-corrected chi connectivity index (χ2v) is 14.6. The summed E-state index contributed by atoms with van der Waals surface area (Å²) in [7, 11) is 1.67. The van der Waals surface area contributed by atoms with Gasteiger partial charge in [0, 0.05) is 11.0 Å². The van der Waals surface area contributed by atoms with Gasteiger partial charge in [-0.15, -0.1) is 5.54 Å². The van der Waals surface area contributed by atoms with Crippen LogP contribution in [0, 0.1) is 11.5 Å². The summed E-state index contributed by atoms with van der Waals surface area (Å²) in [6.07, 6.45) is 0.528. The van der Waals surface area contributed by atoms with Crippen molar-refractivity contribution in [2.45, 2.75) is 38.6 Å². The number of carbonyl (C=O) groups excluding carboxylic acids is 2. The highest BCUT2D eigenvalue weighted by Gasteiger charge is 2.29. The van der Waals surface area contributed by atoms with E-state index < -0.39 is 20.1 Å². The molecule has 0 aliphatic heterocycles. The molecule has 0 aliphatic carbocycles. The van der Waals surface area contributed by atoms with Crippen LogP contribution in [0.25, 0.3) is 0 Å². The van der Waals surface area contributed by atoms with Crippen LogP contribution in [0.2, 0.25) is 19.6 Å². The number of esters is 1. The maximum Gasteiger partial charge on any atom is 0.325 e. The van der Waals surface area contributed by atoms with Crippen LogP contribution in [0.15, 0.2) is 59.1 Å². The molecule has 0 aliphatic rings.